The minimum absolute atomic E-state index is 0.255. The molecule has 0 amide bonds. The molecule has 2 heterocycles. The molecule has 1 aromatic carbocycles. The Hall–Kier alpha value is -2.54. The quantitative estimate of drug-likeness (QED) is 0.784. The van der Waals surface area contributed by atoms with Crippen LogP contribution in [0.4, 0.5) is 4.39 Å². The minimum atomic E-state index is -0.255. The lowest BCUT2D eigenvalue weighted by atomic mass is 10.1. The Labute approximate surface area is 127 Å². The Morgan fingerprint density at radius 3 is 2.68 bits per heavy atom. The number of H-pyrrole nitrogens is 1. The first kappa shape index (κ1) is 14.4. The molecule has 0 radical (unpaired) electrons. The van der Waals surface area contributed by atoms with Crippen molar-refractivity contribution in [1.29, 1.82) is 0 Å². The van der Waals surface area contributed by atoms with Crippen molar-refractivity contribution in [2.45, 2.75) is 20.0 Å². The van der Waals surface area contributed by atoms with Gasteiger partial charge in [0.05, 0.1) is 18.4 Å². The number of nitrogens with zero attached hydrogens (tertiary/aromatic N) is 4. The van der Waals surface area contributed by atoms with Gasteiger partial charge in [-0.2, -0.15) is 10.1 Å². The summed E-state index contributed by atoms with van der Waals surface area (Å²) in [7, 11) is 1.97. The summed E-state index contributed by atoms with van der Waals surface area (Å²) in [5.74, 6) is 0.944. The van der Waals surface area contributed by atoms with Crippen molar-refractivity contribution in [3.05, 3.63) is 53.6 Å². The first-order chi connectivity index (χ1) is 10.6. The van der Waals surface area contributed by atoms with E-state index < -0.39 is 0 Å². The van der Waals surface area contributed by atoms with Crippen LogP contribution in [-0.2, 0) is 13.1 Å². The third-order valence-corrected chi connectivity index (χ3v) is 3.27. The van der Waals surface area contributed by atoms with E-state index in [0.29, 0.717) is 24.8 Å². The standard InChI is InChI=1S/C15H16FN5O/c1-10-18-14(20-22-10)9-21(2)8-12-7-17-19-15(12)11-3-5-13(16)6-4-11/h3-7H,8-9H2,1-2H3,(H,17,19). The molecule has 0 aliphatic rings. The molecule has 6 nitrogen and oxygen atoms in total. The van der Waals surface area contributed by atoms with Crippen LogP contribution in [0.25, 0.3) is 11.3 Å². The maximum absolute atomic E-state index is 13.0. The van der Waals surface area contributed by atoms with Gasteiger partial charge in [-0.25, -0.2) is 4.39 Å². The van der Waals surface area contributed by atoms with Gasteiger partial charge in [0.15, 0.2) is 5.82 Å². The Kier molecular flexibility index (Phi) is 3.97. The van der Waals surface area contributed by atoms with Crippen molar-refractivity contribution in [3.63, 3.8) is 0 Å². The van der Waals surface area contributed by atoms with E-state index in [1.807, 2.05) is 7.05 Å². The van der Waals surface area contributed by atoms with Crippen LogP contribution >= 0.6 is 0 Å². The molecule has 3 rings (SSSR count). The van der Waals surface area contributed by atoms with Gasteiger partial charge in [-0.15, -0.1) is 0 Å². The number of nitrogens with one attached hydrogen (secondary N) is 1. The van der Waals surface area contributed by atoms with Crippen molar-refractivity contribution in [3.8, 4) is 11.3 Å². The highest BCUT2D eigenvalue weighted by Gasteiger charge is 2.12. The van der Waals surface area contributed by atoms with E-state index >= 15 is 0 Å². The number of rotatable bonds is 5. The van der Waals surface area contributed by atoms with E-state index in [9.17, 15) is 4.39 Å². The molecule has 0 bridgehead atoms. The highest BCUT2D eigenvalue weighted by atomic mass is 19.1. The first-order valence-electron chi connectivity index (χ1n) is 6.88. The molecule has 0 saturated heterocycles. The van der Waals surface area contributed by atoms with Crippen LogP contribution in [0.15, 0.2) is 35.0 Å². The van der Waals surface area contributed by atoms with Gasteiger partial charge in [-0.3, -0.25) is 10.00 Å². The van der Waals surface area contributed by atoms with E-state index in [0.717, 1.165) is 16.8 Å². The zero-order valence-corrected chi connectivity index (χ0v) is 12.4. The molecule has 0 atom stereocenters. The fraction of sp³-hybridized carbons (Fsp3) is 0.267. The Balaban J connectivity index is 1.73. The normalized spacial score (nSPS) is 11.3. The van der Waals surface area contributed by atoms with Crippen molar-refractivity contribution < 1.29 is 8.91 Å². The Bertz CT molecular complexity index is 749. The largest absolute Gasteiger partial charge is 0.340 e. The van der Waals surface area contributed by atoms with Crippen molar-refractivity contribution in [2.75, 3.05) is 7.05 Å². The van der Waals surface area contributed by atoms with Crippen molar-refractivity contribution >= 4 is 0 Å². The van der Waals surface area contributed by atoms with Crippen molar-refractivity contribution in [1.82, 2.24) is 25.2 Å². The van der Waals surface area contributed by atoms with Gasteiger partial charge in [0.25, 0.3) is 0 Å². The topological polar surface area (TPSA) is 70.8 Å². The fourth-order valence-electron chi connectivity index (χ4n) is 2.29. The number of hydrogen-bond donors (Lipinski definition) is 1. The SMILES string of the molecule is Cc1nc(CN(C)Cc2cn[nH]c2-c2ccc(F)cc2)no1. The molecule has 0 unspecified atom stereocenters. The summed E-state index contributed by atoms with van der Waals surface area (Å²) in [5, 5.41) is 10.9. The minimum Gasteiger partial charge on any atom is -0.340 e. The molecule has 0 spiro atoms. The summed E-state index contributed by atoms with van der Waals surface area (Å²) in [6, 6.07) is 6.33. The summed E-state index contributed by atoms with van der Waals surface area (Å²) >= 11 is 0. The lowest BCUT2D eigenvalue weighted by Gasteiger charge is -2.14. The van der Waals surface area contributed by atoms with Gasteiger partial charge in [0.1, 0.15) is 5.82 Å². The van der Waals surface area contributed by atoms with E-state index in [4.69, 9.17) is 4.52 Å². The van der Waals surface area contributed by atoms with Crippen LogP contribution in [0.5, 0.6) is 0 Å². The average molecular weight is 301 g/mol. The highest BCUT2D eigenvalue weighted by molar-refractivity contribution is 5.62. The number of benzene rings is 1. The molecule has 0 aliphatic heterocycles. The van der Waals surface area contributed by atoms with Gasteiger partial charge >= 0.3 is 0 Å². The van der Waals surface area contributed by atoms with Gasteiger partial charge < -0.3 is 4.52 Å². The molecule has 0 aliphatic carbocycles. The Morgan fingerprint density at radius 2 is 2.00 bits per heavy atom. The number of aromatic nitrogens is 4. The van der Waals surface area contributed by atoms with Gasteiger partial charge in [-0.1, -0.05) is 5.16 Å². The lowest BCUT2D eigenvalue weighted by Crippen LogP contribution is -2.18. The molecule has 22 heavy (non-hydrogen) atoms. The third-order valence-electron chi connectivity index (χ3n) is 3.27. The van der Waals surface area contributed by atoms with E-state index in [2.05, 4.69) is 25.2 Å². The first-order valence-corrected chi connectivity index (χ1v) is 6.88. The number of aryl methyl sites for hydroxylation is 1. The summed E-state index contributed by atoms with van der Waals surface area (Å²) < 4.78 is 18.0. The second-order valence-electron chi connectivity index (χ2n) is 5.18. The third kappa shape index (κ3) is 3.20. The number of halogens is 1. The molecule has 3 aromatic rings. The predicted octanol–water partition coefficient (Wildman–Crippen LogP) is 2.54. The maximum atomic E-state index is 13.0. The molecule has 0 fully saturated rings. The molecular weight excluding hydrogens is 285 g/mol. The van der Waals surface area contributed by atoms with E-state index in [1.165, 1.54) is 12.1 Å². The fourth-order valence-corrected chi connectivity index (χ4v) is 2.29. The number of hydrogen-bond acceptors (Lipinski definition) is 5. The Morgan fingerprint density at radius 1 is 1.23 bits per heavy atom. The van der Waals surface area contributed by atoms with Gasteiger partial charge in [0.2, 0.25) is 5.89 Å². The number of aromatic amines is 1. The summed E-state index contributed by atoms with van der Waals surface area (Å²) in [5.41, 5.74) is 2.81. The van der Waals surface area contributed by atoms with Gasteiger partial charge in [0, 0.05) is 24.6 Å². The average Bonchev–Trinajstić information content (AvgIpc) is 3.09. The van der Waals surface area contributed by atoms with Gasteiger partial charge in [-0.05, 0) is 31.3 Å². The van der Waals surface area contributed by atoms with E-state index in [-0.39, 0.29) is 5.82 Å². The van der Waals surface area contributed by atoms with Crippen molar-refractivity contribution in [2.24, 2.45) is 0 Å². The molecule has 114 valence electrons. The lowest BCUT2D eigenvalue weighted by molar-refractivity contribution is 0.301. The van der Waals surface area contributed by atoms with Crippen LogP contribution in [0.1, 0.15) is 17.3 Å². The molecule has 7 heteroatoms. The van der Waals surface area contributed by atoms with Crippen LogP contribution in [0.2, 0.25) is 0 Å². The summed E-state index contributed by atoms with van der Waals surface area (Å²) in [6.07, 6.45) is 1.77. The maximum Gasteiger partial charge on any atom is 0.223 e. The monoisotopic (exact) mass is 301 g/mol. The molecule has 2 aromatic heterocycles. The van der Waals surface area contributed by atoms with Crippen LogP contribution in [-0.4, -0.2) is 32.3 Å². The second-order valence-corrected chi connectivity index (χ2v) is 5.18. The molecular formula is C15H16FN5O. The van der Waals surface area contributed by atoms with Crippen LogP contribution in [0, 0.1) is 12.7 Å². The van der Waals surface area contributed by atoms with Crippen LogP contribution < -0.4 is 0 Å². The summed E-state index contributed by atoms with van der Waals surface area (Å²) in [4.78, 5) is 6.24. The van der Waals surface area contributed by atoms with E-state index in [1.54, 1.807) is 25.3 Å². The zero-order valence-electron chi connectivity index (χ0n) is 12.4. The highest BCUT2D eigenvalue weighted by Crippen LogP contribution is 2.22. The predicted molar refractivity (Wildman–Crippen MR) is 78.2 cm³/mol. The second kappa shape index (κ2) is 6.07. The smallest absolute Gasteiger partial charge is 0.223 e. The molecule has 1 N–H and O–H groups in total. The summed E-state index contributed by atoms with van der Waals surface area (Å²) in [6.45, 7) is 3.00. The zero-order chi connectivity index (χ0) is 15.5. The molecule has 0 saturated carbocycles. The van der Waals surface area contributed by atoms with Crippen LogP contribution in [0.3, 0.4) is 0 Å².